The van der Waals surface area contributed by atoms with E-state index >= 15 is 0 Å². The van der Waals surface area contributed by atoms with Crippen LogP contribution in [0.15, 0.2) is 12.2 Å². The highest BCUT2D eigenvalue weighted by molar-refractivity contribution is 5.20. The summed E-state index contributed by atoms with van der Waals surface area (Å²) in [7, 11) is 0. The molecule has 24 heavy (non-hydrogen) atoms. The predicted molar refractivity (Wildman–Crippen MR) is 65.2 cm³/mol. The van der Waals surface area contributed by atoms with Crippen LogP contribution in [0.25, 0.3) is 0 Å². The van der Waals surface area contributed by atoms with E-state index in [0.717, 1.165) is 0 Å². The summed E-state index contributed by atoms with van der Waals surface area (Å²) in [5, 5.41) is 19.2. The second-order valence-electron chi connectivity index (χ2n) is 6.89. The van der Waals surface area contributed by atoms with Crippen molar-refractivity contribution >= 4 is 0 Å². The zero-order valence-corrected chi connectivity index (χ0v) is 12.3. The van der Waals surface area contributed by atoms with E-state index in [2.05, 4.69) is 4.74 Å². The van der Waals surface area contributed by atoms with Crippen LogP contribution < -0.4 is 0 Å². The number of hydrogen-bond donors (Lipinski definition) is 2. The number of alkyl halides is 7. The van der Waals surface area contributed by atoms with E-state index in [1.807, 2.05) is 0 Å². The monoisotopic (exact) mass is 364 g/mol. The number of halogens is 7. The summed E-state index contributed by atoms with van der Waals surface area (Å²) < 4.78 is 100. The Balaban J connectivity index is 2.09. The van der Waals surface area contributed by atoms with Crippen molar-refractivity contribution in [1.82, 2.24) is 0 Å². The fourth-order valence-corrected chi connectivity index (χ4v) is 3.92. The first-order valence-corrected chi connectivity index (χ1v) is 7.30. The van der Waals surface area contributed by atoms with E-state index in [1.54, 1.807) is 6.08 Å². The molecule has 6 atom stereocenters. The first-order chi connectivity index (χ1) is 10.7. The van der Waals surface area contributed by atoms with Crippen LogP contribution in [0.1, 0.15) is 19.8 Å². The number of rotatable bonds is 1. The van der Waals surface area contributed by atoms with Crippen LogP contribution in [-0.4, -0.2) is 45.7 Å². The first kappa shape index (κ1) is 17.9. The van der Waals surface area contributed by atoms with Gasteiger partial charge in [-0.2, -0.15) is 22.0 Å². The van der Waals surface area contributed by atoms with Gasteiger partial charge in [-0.15, -0.1) is 0 Å². The Labute approximate surface area is 132 Å². The van der Waals surface area contributed by atoms with Gasteiger partial charge in [0, 0.05) is 0 Å². The normalized spacial score (nSPS) is 49.6. The Hall–Kier alpha value is -0.870. The zero-order valence-electron chi connectivity index (χ0n) is 12.3. The van der Waals surface area contributed by atoms with Gasteiger partial charge in [0.05, 0.1) is 0 Å². The van der Waals surface area contributed by atoms with Gasteiger partial charge in [0.15, 0.2) is 5.60 Å². The molecule has 1 aliphatic heterocycles. The van der Waals surface area contributed by atoms with Crippen LogP contribution in [0.4, 0.5) is 30.7 Å². The van der Waals surface area contributed by atoms with Crippen molar-refractivity contribution in [3.63, 3.8) is 0 Å². The molecule has 1 saturated heterocycles. The Morgan fingerprint density at radius 3 is 2.04 bits per heavy atom. The molecule has 0 amide bonds. The van der Waals surface area contributed by atoms with Crippen LogP contribution in [0, 0.1) is 17.8 Å². The summed E-state index contributed by atoms with van der Waals surface area (Å²) in [6.07, 6.45) is -5.14. The average molecular weight is 364 g/mol. The molecule has 0 aromatic rings. The van der Waals surface area contributed by atoms with E-state index in [9.17, 15) is 40.9 Å². The van der Waals surface area contributed by atoms with Gasteiger partial charge in [-0.05, 0) is 37.5 Å². The van der Waals surface area contributed by atoms with Gasteiger partial charge < -0.3 is 14.9 Å². The first-order valence-electron chi connectivity index (χ1n) is 7.30. The van der Waals surface area contributed by atoms with Crippen LogP contribution in [0.3, 0.4) is 0 Å². The smallest absolute Gasteiger partial charge is 0.378 e. The molecular formula is C14H15F7O3. The molecule has 1 saturated carbocycles. The number of ether oxygens (including phenoxy) is 1. The molecule has 0 aromatic carbocycles. The number of aliphatic hydroxyl groups is 2. The van der Waals surface area contributed by atoms with E-state index in [0.29, 0.717) is 6.42 Å². The molecule has 6 unspecified atom stereocenters. The number of hydrogen-bond acceptors (Lipinski definition) is 3. The molecule has 3 rings (SSSR count). The Bertz CT molecular complexity index is 571. The molecule has 3 nitrogen and oxygen atoms in total. The summed E-state index contributed by atoms with van der Waals surface area (Å²) in [6.45, 7) is -0.109. The van der Waals surface area contributed by atoms with Gasteiger partial charge in [0.25, 0.3) is 0 Å². The fraction of sp³-hybridized carbons (Fsp3) is 0.857. The van der Waals surface area contributed by atoms with Gasteiger partial charge in [-0.1, -0.05) is 12.2 Å². The molecular weight excluding hydrogens is 349 g/mol. The SMILES string of the molecule is CC1(O)C(F)(F)C(C2CC3C=CC2C3)OC(O)(C(F)(F)F)C1(F)F. The maximum absolute atomic E-state index is 14.5. The molecule has 2 fully saturated rings. The molecule has 0 radical (unpaired) electrons. The lowest BCUT2D eigenvalue weighted by atomic mass is 9.73. The van der Waals surface area contributed by atoms with Crippen LogP contribution in [0.5, 0.6) is 0 Å². The van der Waals surface area contributed by atoms with Gasteiger partial charge in [-0.25, -0.2) is 8.78 Å². The highest BCUT2D eigenvalue weighted by Gasteiger charge is 2.87. The molecule has 0 spiro atoms. The van der Waals surface area contributed by atoms with Gasteiger partial charge in [0.2, 0.25) is 0 Å². The lowest BCUT2D eigenvalue weighted by Crippen LogP contribution is -2.81. The number of fused-ring (bicyclic) bond motifs is 2. The summed E-state index contributed by atoms with van der Waals surface area (Å²) in [5.41, 5.74) is -4.45. The minimum atomic E-state index is -6.08. The summed E-state index contributed by atoms with van der Waals surface area (Å²) >= 11 is 0. The molecule has 2 aliphatic carbocycles. The second kappa shape index (κ2) is 4.64. The Kier molecular flexibility index (Phi) is 3.47. The quantitative estimate of drug-likeness (QED) is 0.556. The van der Waals surface area contributed by atoms with Crippen molar-refractivity contribution < 1.29 is 45.7 Å². The third kappa shape index (κ3) is 1.90. The standard InChI is InChI=1S/C14H15F7O3/c1-10(22)11(15,16)9(8-5-6-2-3-7(8)4-6)24-13(23,12(10,17)18)14(19,20)21/h2-3,6-9,22-23H,4-5H2,1H3. The fourth-order valence-electron chi connectivity index (χ4n) is 3.92. The molecule has 2 bridgehead atoms. The van der Waals surface area contributed by atoms with Gasteiger partial charge in [-0.3, -0.25) is 0 Å². The van der Waals surface area contributed by atoms with Gasteiger partial charge in [0.1, 0.15) is 6.10 Å². The van der Waals surface area contributed by atoms with E-state index in [1.165, 1.54) is 6.08 Å². The highest BCUT2D eigenvalue weighted by Crippen LogP contribution is 2.61. The maximum atomic E-state index is 14.5. The summed E-state index contributed by atoms with van der Waals surface area (Å²) in [5.74, 6) is -17.5. The molecule has 138 valence electrons. The summed E-state index contributed by atoms with van der Waals surface area (Å²) in [4.78, 5) is 0. The Morgan fingerprint density at radius 1 is 1.04 bits per heavy atom. The third-order valence-electron chi connectivity index (χ3n) is 5.44. The van der Waals surface area contributed by atoms with Crippen molar-refractivity contribution in [2.24, 2.45) is 17.8 Å². The third-order valence-corrected chi connectivity index (χ3v) is 5.44. The zero-order chi connectivity index (χ0) is 18.3. The maximum Gasteiger partial charge on any atom is 0.449 e. The minimum Gasteiger partial charge on any atom is -0.378 e. The molecule has 3 aliphatic rings. The van der Waals surface area contributed by atoms with Crippen molar-refractivity contribution in [2.75, 3.05) is 0 Å². The topological polar surface area (TPSA) is 49.7 Å². The van der Waals surface area contributed by atoms with Crippen molar-refractivity contribution in [2.45, 2.75) is 55.3 Å². The molecule has 1 heterocycles. The minimum absolute atomic E-state index is 0.0109. The predicted octanol–water partition coefficient (Wildman–Crippen LogP) is 2.87. The molecule has 0 aromatic heterocycles. The van der Waals surface area contributed by atoms with Crippen LogP contribution >= 0.6 is 0 Å². The van der Waals surface area contributed by atoms with E-state index in [-0.39, 0.29) is 19.3 Å². The van der Waals surface area contributed by atoms with Crippen molar-refractivity contribution in [3.8, 4) is 0 Å². The largest absolute Gasteiger partial charge is 0.449 e. The number of allylic oxidation sites excluding steroid dienone is 2. The second-order valence-corrected chi connectivity index (χ2v) is 6.89. The molecule has 10 heteroatoms. The Morgan fingerprint density at radius 2 is 1.62 bits per heavy atom. The van der Waals surface area contributed by atoms with Crippen molar-refractivity contribution in [3.05, 3.63) is 12.2 Å². The van der Waals surface area contributed by atoms with E-state index in [4.69, 9.17) is 0 Å². The lowest BCUT2D eigenvalue weighted by Gasteiger charge is -2.55. The average Bonchev–Trinajstić information content (AvgIpc) is 3.03. The molecule has 2 N–H and O–H groups in total. The lowest BCUT2D eigenvalue weighted by molar-refractivity contribution is -0.518. The van der Waals surface area contributed by atoms with Crippen LogP contribution in [-0.2, 0) is 4.74 Å². The summed E-state index contributed by atoms with van der Waals surface area (Å²) in [6, 6.07) is 0. The van der Waals surface area contributed by atoms with Crippen LogP contribution in [0.2, 0.25) is 0 Å². The van der Waals surface area contributed by atoms with Crippen molar-refractivity contribution in [1.29, 1.82) is 0 Å². The van der Waals surface area contributed by atoms with Gasteiger partial charge >= 0.3 is 23.8 Å². The highest BCUT2D eigenvalue weighted by atomic mass is 19.4. The van der Waals surface area contributed by atoms with E-state index < -0.39 is 47.3 Å².